The molecule has 0 fully saturated rings. The van der Waals surface area contributed by atoms with Crippen molar-refractivity contribution in [2.75, 3.05) is 0 Å². The number of ether oxygens (including phenoxy) is 1. The van der Waals surface area contributed by atoms with Crippen molar-refractivity contribution >= 4 is 22.6 Å². The lowest BCUT2D eigenvalue weighted by molar-refractivity contribution is -0.0498. The van der Waals surface area contributed by atoms with E-state index in [9.17, 15) is 13.6 Å². The predicted molar refractivity (Wildman–Crippen MR) is 80.3 cm³/mol. The number of rotatable bonds is 3. The Morgan fingerprint density at radius 3 is 2.77 bits per heavy atom. The molecule has 4 nitrogen and oxygen atoms in total. The first kappa shape index (κ1) is 14.6. The van der Waals surface area contributed by atoms with E-state index in [1.54, 1.807) is 18.2 Å². The summed E-state index contributed by atoms with van der Waals surface area (Å²) >= 11 is 6.10. The lowest BCUT2D eigenvalue weighted by Gasteiger charge is -2.08. The predicted octanol–water partition coefficient (Wildman–Crippen LogP) is 3.88. The molecule has 1 aromatic heterocycles. The molecule has 3 rings (SSSR count). The van der Waals surface area contributed by atoms with Gasteiger partial charge in [-0.2, -0.15) is 8.78 Å². The van der Waals surface area contributed by atoms with Crippen molar-refractivity contribution in [3.8, 4) is 11.4 Å². The first-order valence-corrected chi connectivity index (χ1v) is 6.79. The molecule has 1 heterocycles. The average Bonchev–Trinajstić information content (AvgIpc) is 2.74. The van der Waals surface area contributed by atoms with E-state index in [0.717, 1.165) is 5.56 Å². The molecule has 7 heteroatoms. The van der Waals surface area contributed by atoms with Gasteiger partial charge in [-0.3, -0.25) is 4.57 Å². The highest BCUT2D eigenvalue weighted by Gasteiger charge is 2.12. The molecule has 114 valence electrons. The maximum atomic E-state index is 12.3. The van der Waals surface area contributed by atoms with E-state index < -0.39 is 6.61 Å². The van der Waals surface area contributed by atoms with Gasteiger partial charge >= 0.3 is 12.3 Å². The summed E-state index contributed by atoms with van der Waals surface area (Å²) in [6.45, 7) is -1.10. The summed E-state index contributed by atoms with van der Waals surface area (Å²) in [6, 6.07) is 9.34. The second-order valence-electron chi connectivity index (χ2n) is 4.76. The fourth-order valence-electron chi connectivity index (χ4n) is 2.29. The van der Waals surface area contributed by atoms with E-state index in [2.05, 4.69) is 9.72 Å². The van der Waals surface area contributed by atoms with Crippen LogP contribution in [0.1, 0.15) is 5.56 Å². The molecule has 0 aliphatic heterocycles. The first-order valence-electron chi connectivity index (χ1n) is 6.42. The summed E-state index contributed by atoms with van der Waals surface area (Å²) in [5.74, 6) is -0.0213. The van der Waals surface area contributed by atoms with Gasteiger partial charge in [0.1, 0.15) is 5.75 Å². The molecule has 0 spiro atoms. The molecule has 0 unspecified atom stereocenters. The van der Waals surface area contributed by atoms with Gasteiger partial charge in [-0.25, -0.2) is 4.79 Å². The van der Waals surface area contributed by atoms with Crippen LogP contribution >= 0.6 is 11.6 Å². The monoisotopic (exact) mass is 324 g/mol. The zero-order valence-corrected chi connectivity index (χ0v) is 12.2. The largest absolute Gasteiger partial charge is 0.435 e. The van der Waals surface area contributed by atoms with Gasteiger partial charge in [0.15, 0.2) is 0 Å². The third-order valence-corrected chi connectivity index (χ3v) is 3.67. The van der Waals surface area contributed by atoms with Gasteiger partial charge in [0.2, 0.25) is 0 Å². The molecule has 0 bridgehead atoms. The van der Waals surface area contributed by atoms with E-state index in [1.165, 1.54) is 22.8 Å². The number of hydrogen-bond acceptors (Lipinski definition) is 2. The molecule has 0 aliphatic carbocycles. The number of imidazole rings is 1. The summed E-state index contributed by atoms with van der Waals surface area (Å²) in [5, 5.41) is 0.514. The van der Waals surface area contributed by atoms with Gasteiger partial charge in [-0.1, -0.05) is 17.7 Å². The van der Waals surface area contributed by atoms with Crippen molar-refractivity contribution in [3.63, 3.8) is 0 Å². The number of nitrogens with one attached hydrogen (secondary N) is 1. The topological polar surface area (TPSA) is 47.0 Å². The fourth-order valence-corrected chi connectivity index (χ4v) is 2.45. The van der Waals surface area contributed by atoms with Gasteiger partial charge in [0.25, 0.3) is 0 Å². The van der Waals surface area contributed by atoms with Gasteiger partial charge in [0, 0.05) is 11.1 Å². The Hall–Kier alpha value is -2.34. The molecular weight excluding hydrogens is 314 g/mol. The van der Waals surface area contributed by atoms with Crippen molar-refractivity contribution < 1.29 is 13.5 Å². The van der Waals surface area contributed by atoms with Crippen molar-refractivity contribution in [3.05, 3.63) is 57.5 Å². The molecule has 0 aliphatic rings. The maximum Gasteiger partial charge on any atom is 0.387 e. The van der Waals surface area contributed by atoms with Crippen LogP contribution in [0, 0.1) is 6.92 Å². The fraction of sp³-hybridized carbons (Fsp3) is 0.133. The van der Waals surface area contributed by atoms with Crippen LogP contribution in [-0.2, 0) is 0 Å². The maximum absolute atomic E-state index is 12.3. The zero-order valence-electron chi connectivity index (χ0n) is 11.4. The van der Waals surface area contributed by atoms with Crippen LogP contribution in [-0.4, -0.2) is 16.2 Å². The van der Waals surface area contributed by atoms with Crippen LogP contribution in [0.2, 0.25) is 5.02 Å². The van der Waals surface area contributed by atoms with Crippen LogP contribution in [0.5, 0.6) is 5.75 Å². The number of aromatic nitrogens is 2. The van der Waals surface area contributed by atoms with Gasteiger partial charge in [-0.05, 0) is 36.8 Å². The van der Waals surface area contributed by atoms with Crippen molar-refractivity contribution in [1.29, 1.82) is 0 Å². The number of halogens is 3. The Balaban J connectivity index is 2.20. The van der Waals surface area contributed by atoms with Crippen molar-refractivity contribution in [2.45, 2.75) is 13.5 Å². The SMILES string of the molecule is Cc1cc2[nH]c(=O)n(-c3cccc(OC(F)F)c3)c2cc1Cl. The van der Waals surface area contributed by atoms with Gasteiger partial charge in [0.05, 0.1) is 16.7 Å². The van der Waals surface area contributed by atoms with Crippen LogP contribution < -0.4 is 10.4 Å². The van der Waals surface area contributed by atoms with Crippen molar-refractivity contribution in [2.24, 2.45) is 0 Å². The minimum Gasteiger partial charge on any atom is -0.435 e. The van der Waals surface area contributed by atoms with Gasteiger partial charge in [-0.15, -0.1) is 0 Å². The summed E-state index contributed by atoms with van der Waals surface area (Å²) in [5.41, 5.74) is 2.04. The highest BCUT2D eigenvalue weighted by atomic mass is 35.5. The lowest BCUT2D eigenvalue weighted by Crippen LogP contribution is -2.14. The minimum absolute atomic E-state index is 0.0213. The highest BCUT2D eigenvalue weighted by Crippen LogP contribution is 2.25. The van der Waals surface area contributed by atoms with E-state index >= 15 is 0 Å². The standard InChI is InChI=1S/C15H11ClF2N2O2/c1-8-5-12-13(7-11(8)16)20(15(21)19-12)9-3-2-4-10(6-9)22-14(17)18/h2-7,14H,1H3,(H,19,21). The number of fused-ring (bicyclic) bond motifs is 1. The van der Waals surface area contributed by atoms with Crippen LogP contribution in [0.15, 0.2) is 41.2 Å². The van der Waals surface area contributed by atoms with E-state index in [4.69, 9.17) is 11.6 Å². The smallest absolute Gasteiger partial charge is 0.387 e. The number of nitrogens with zero attached hydrogens (tertiary/aromatic N) is 1. The zero-order chi connectivity index (χ0) is 15.9. The number of aromatic amines is 1. The van der Waals surface area contributed by atoms with Crippen LogP contribution in [0.4, 0.5) is 8.78 Å². The highest BCUT2D eigenvalue weighted by molar-refractivity contribution is 6.32. The number of alkyl halides is 2. The molecule has 1 N–H and O–H groups in total. The molecule has 0 atom stereocenters. The molecule has 2 aromatic carbocycles. The second-order valence-corrected chi connectivity index (χ2v) is 5.17. The summed E-state index contributed by atoms with van der Waals surface area (Å²) in [4.78, 5) is 14.9. The third kappa shape index (κ3) is 2.57. The average molecular weight is 325 g/mol. The molecular formula is C15H11ClF2N2O2. The Labute approximate surface area is 128 Å². The Kier molecular flexibility index (Phi) is 3.62. The summed E-state index contributed by atoms with van der Waals surface area (Å²) in [7, 11) is 0. The van der Waals surface area contributed by atoms with E-state index in [1.807, 2.05) is 6.92 Å². The van der Waals surface area contributed by atoms with E-state index in [0.29, 0.717) is 21.7 Å². The minimum atomic E-state index is -2.92. The second kappa shape index (κ2) is 5.46. The van der Waals surface area contributed by atoms with Crippen LogP contribution in [0.25, 0.3) is 16.7 Å². The Morgan fingerprint density at radius 2 is 2.05 bits per heavy atom. The number of H-pyrrole nitrogens is 1. The quantitative estimate of drug-likeness (QED) is 0.794. The molecule has 3 aromatic rings. The van der Waals surface area contributed by atoms with E-state index in [-0.39, 0.29) is 11.4 Å². The summed E-state index contributed by atoms with van der Waals surface area (Å²) in [6.07, 6.45) is 0. The lowest BCUT2D eigenvalue weighted by atomic mass is 10.2. The third-order valence-electron chi connectivity index (χ3n) is 3.26. The molecule has 0 amide bonds. The van der Waals surface area contributed by atoms with Crippen LogP contribution in [0.3, 0.4) is 0 Å². The molecule has 0 saturated carbocycles. The molecule has 22 heavy (non-hydrogen) atoms. The first-order chi connectivity index (χ1) is 10.5. The molecule has 0 saturated heterocycles. The number of aryl methyl sites for hydroxylation is 1. The van der Waals surface area contributed by atoms with Gasteiger partial charge < -0.3 is 9.72 Å². The number of hydrogen-bond donors (Lipinski definition) is 1. The summed E-state index contributed by atoms with van der Waals surface area (Å²) < 4.78 is 30.3. The number of benzene rings is 2. The molecule has 0 radical (unpaired) electrons. The normalized spacial score (nSPS) is 11.3. The Bertz CT molecular complexity index is 902. The van der Waals surface area contributed by atoms with Crippen molar-refractivity contribution in [1.82, 2.24) is 9.55 Å². The Morgan fingerprint density at radius 1 is 1.27 bits per heavy atom.